The van der Waals surface area contributed by atoms with Crippen LogP contribution in [0.4, 0.5) is 13.2 Å². The molecule has 1 aliphatic heterocycles. The third kappa shape index (κ3) is 4.08. The number of benzene rings is 2. The highest BCUT2D eigenvalue weighted by Gasteiger charge is 2.30. The van der Waals surface area contributed by atoms with E-state index in [9.17, 15) is 23.1 Å². The number of halogens is 3. The largest absolute Gasteiger partial charge is 0.486 e. The van der Waals surface area contributed by atoms with Gasteiger partial charge in [0.15, 0.2) is 11.5 Å². The van der Waals surface area contributed by atoms with E-state index in [1.807, 2.05) is 0 Å². The minimum Gasteiger partial charge on any atom is -0.486 e. The van der Waals surface area contributed by atoms with Gasteiger partial charge in [0.05, 0.1) is 11.7 Å². The summed E-state index contributed by atoms with van der Waals surface area (Å²) >= 11 is 0. The summed E-state index contributed by atoms with van der Waals surface area (Å²) in [7, 11) is 0. The van der Waals surface area contributed by atoms with Crippen molar-refractivity contribution in [3.63, 3.8) is 0 Å². The first-order valence-electron chi connectivity index (χ1n) is 7.87. The predicted molar refractivity (Wildman–Crippen MR) is 86.2 cm³/mol. The number of alkyl halides is 3. The monoisotopic (exact) mass is 367 g/mol. The van der Waals surface area contributed by atoms with Crippen molar-refractivity contribution >= 4 is 5.91 Å². The molecule has 0 spiro atoms. The van der Waals surface area contributed by atoms with Gasteiger partial charge in [0.1, 0.15) is 13.2 Å². The molecule has 2 aromatic rings. The lowest BCUT2D eigenvalue weighted by atomic mass is 10.1. The van der Waals surface area contributed by atoms with Crippen molar-refractivity contribution in [3.05, 3.63) is 59.2 Å². The fourth-order valence-corrected chi connectivity index (χ4v) is 2.49. The Morgan fingerprint density at radius 1 is 1.08 bits per heavy atom. The molecule has 2 aromatic carbocycles. The van der Waals surface area contributed by atoms with Crippen molar-refractivity contribution in [2.24, 2.45) is 0 Å². The second-order valence-corrected chi connectivity index (χ2v) is 5.70. The van der Waals surface area contributed by atoms with Crippen LogP contribution in [0.25, 0.3) is 0 Å². The summed E-state index contributed by atoms with van der Waals surface area (Å²) in [4.78, 5) is 12.0. The summed E-state index contributed by atoms with van der Waals surface area (Å²) < 4.78 is 48.4. The molecule has 1 aliphatic rings. The number of carbonyl (C=O) groups is 1. The molecule has 1 unspecified atom stereocenters. The topological polar surface area (TPSA) is 67.8 Å². The lowest BCUT2D eigenvalue weighted by molar-refractivity contribution is -0.137. The Kier molecular flexibility index (Phi) is 5.03. The fraction of sp³-hybridized carbons (Fsp3) is 0.278. The summed E-state index contributed by atoms with van der Waals surface area (Å²) in [5.74, 6) is 0.526. The molecular formula is C18H16F3NO4. The van der Waals surface area contributed by atoms with Crippen LogP contribution in [0.1, 0.15) is 27.6 Å². The summed E-state index contributed by atoms with van der Waals surface area (Å²) in [6, 6.07) is 8.82. The quantitative estimate of drug-likeness (QED) is 0.872. The molecule has 2 N–H and O–H groups in total. The maximum absolute atomic E-state index is 12.5. The zero-order valence-electron chi connectivity index (χ0n) is 13.5. The molecular weight excluding hydrogens is 351 g/mol. The second-order valence-electron chi connectivity index (χ2n) is 5.70. The van der Waals surface area contributed by atoms with Crippen LogP contribution in [0.15, 0.2) is 42.5 Å². The van der Waals surface area contributed by atoms with E-state index in [2.05, 4.69) is 5.32 Å². The zero-order chi connectivity index (χ0) is 18.7. The molecule has 138 valence electrons. The first-order valence-corrected chi connectivity index (χ1v) is 7.87. The molecule has 1 amide bonds. The van der Waals surface area contributed by atoms with Crippen LogP contribution in [0.5, 0.6) is 11.5 Å². The highest BCUT2D eigenvalue weighted by Crippen LogP contribution is 2.32. The number of hydrogen-bond acceptors (Lipinski definition) is 4. The highest BCUT2D eigenvalue weighted by molar-refractivity contribution is 5.94. The smallest absolute Gasteiger partial charge is 0.416 e. The molecule has 1 atom stereocenters. The number of aliphatic hydroxyl groups is 1. The van der Waals surface area contributed by atoms with Crippen LogP contribution < -0.4 is 14.8 Å². The van der Waals surface area contributed by atoms with E-state index >= 15 is 0 Å². The summed E-state index contributed by atoms with van der Waals surface area (Å²) in [5, 5.41) is 12.7. The zero-order valence-corrected chi connectivity index (χ0v) is 13.5. The van der Waals surface area contributed by atoms with Gasteiger partial charge in [0, 0.05) is 12.1 Å². The maximum atomic E-state index is 12.5. The van der Waals surface area contributed by atoms with Gasteiger partial charge in [-0.15, -0.1) is 0 Å². The third-order valence-corrected chi connectivity index (χ3v) is 3.88. The van der Waals surface area contributed by atoms with E-state index < -0.39 is 23.8 Å². The molecule has 8 heteroatoms. The minimum absolute atomic E-state index is 0.0763. The van der Waals surface area contributed by atoms with Gasteiger partial charge in [0.2, 0.25) is 0 Å². The van der Waals surface area contributed by atoms with E-state index in [0.29, 0.717) is 30.3 Å². The van der Waals surface area contributed by atoms with Crippen LogP contribution in [0.2, 0.25) is 0 Å². The molecule has 26 heavy (non-hydrogen) atoms. The first kappa shape index (κ1) is 18.1. The fourth-order valence-electron chi connectivity index (χ4n) is 2.49. The number of carbonyl (C=O) groups excluding carboxylic acids is 1. The van der Waals surface area contributed by atoms with Crippen LogP contribution in [0, 0.1) is 0 Å². The summed E-state index contributed by atoms with van der Waals surface area (Å²) in [5.41, 5.74) is -0.222. The average molecular weight is 367 g/mol. The first-order chi connectivity index (χ1) is 12.3. The van der Waals surface area contributed by atoms with Crippen LogP contribution >= 0.6 is 0 Å². The van der Waals surface area contributed by atoms with Gasteiger partial charge >= 0.3 is 6.18 Å². The highest BCUT2D eigenvalue weighted by atomic mass is 19.4. The van der Waals surface area contributed by atoms with Crippen molar-refractivity contribution in [3.8, 4) is 11.5 Å². The standard InChI is InChI=1S/C18H16F3NO4/c19-18(20,21)13-4-1-11(2-5-13)17(24)22-10-14(23)12-3-6-15-16(9-12)26-8-7-25-15/h1-6,9,14,23H,7-8,10H2,(H,22,24). The molecule has 0 fully saturated rings. The van der Waals surface area contributed by atoms with E-state index in [1.54, 1.807) is 18.2 Å². The number of amides is 1. The number of hydrogen-bond donors (Lipinski definition) is 2. The van der Waals surface area contributed by atoms with Gasteiger partial charge in [-0.05, 0) is 42.0 Å². The summed E-state index contributed by atoms with van der Waals surface area (Å²) in [6.07, 6.45) is -5.45. The lowest BCUT2D eigenvalue weighted by Crippen LogP contribution is -2.28. The summed E-state index contributed by atoms with van der Waals surface area (Å²) in [6.45, 7) is 0.773. The van der Waals surface area contributed by atoms with E-state index in [0.717, 1.165) is 24.3 Å². The van der Waals surface area contributed by atoms with Crippen molar-refractivity contribution in [2.75, 3.05) is 19.8 Å². The Hall–Kier alpha value is -2.74. The van der Waals surface area contributed by atoms with Crippen LogP contribution in [-0.4, -0.2) is 30.8 Å². The van der Waals surface area contributed by atoms with Gasteiger partial charge in [-0.1, -0.05) is 6.07 Å². The van der Waals surface area contributed by atoms with Crippen LogP contribution in [-0.2, 0) is 6.18 Å². The SMILES string of the molecule is O=C(NCC(O)c1ccc2c(c1)OCCO2)c1ccc(C(F)(F)F)cc1. The van der Waals surface area contributed by atoms with E-state index in [4.69, 9.17) is 9.47 Å². The number of rotatable bonds is 4. The van der Waals surface area contributed by atoms with Crippen molar-refractivity contribution in [1.82, 2.24) is 5.32 Å². The third-order valence-electron chi connectivity index (χ3n) is 3.88. The van der Waals surface area contributed by atoms with Crippen molar-refractivity contribution < 1.29 is 32.5 Å². The Balaban J connectivity index is 1.60. The molecule has 0 radical (unpaired) electrons. The molecule has 0 saturated heterocycles. The molecule has 3 rings (SSSR count). The Morgan fingerprint density at radius 2 is 1.73 bits per heavy atom. The molecule has 0 aliphatic carbocycles. The molecule has 5 nitrogen and oxygen atoms in total. The molecule has 0 saturated carbocycles. The number of ether oxygens (including phenoxy) is 2. The van der Waals surface area contributed by atoms with Crippen LogP contribution in [0.3, 0.4) is 0 Å². The van der Waals surface area contributed by atoms with Gasteiger partial charge in [0.25, 0.3) is 5.91 Å². The minimum atomic E-state index is -4.45. The number of aliphatic hydroxyl groups excluding tert-OH is 1. The number of fused-ring (bicyclic) bond motifs is 1. The lowest BCUT2D eigenvalue weighted by Gasteiger charge is -2.20. The normalized spacial score (nSPS) is 14.6. The maximum Gasteiger partial charge on any atom is 0.416 e. The predicted octanol–water partition coefficient (Wildman–Crippen LogP) is 2.94. The van der Waals surface area contributed by atoms with Gasteiger partial charge in [-0.25, -0.2) is 0 Å². The van der Waals surface area contributed by atoms with E-state index in [-0.39, 0.29) is 12.1 Å². The average Bonchev–Trinajstić information content (AvgIpc) is 2.64. The Morgan fingerprint density at radius 3 is 2.38 bits per heavy atom. The molecule has 1 heterocycles. The van der Waals surface area contributed by atoms with Crippen molar-refractivity contribution in [1.29, 1.82) is 0 Å². The Bertz CT molecular complexity index is 790. The van der Waals surface area contributed by atoms with Gasteiger partial charge in [-0.3, -0.25) is 4.79 Å². The number of nitrogens with one attached hydrogen (secondary N) is 1. The van der Waals surface area contributed by atoms with Gasteiger partial charge < -0.3 is 19.9 Å². The van der Waals surface area contributed by atoms with Gasteiger partial charge in [-0.2, -0.15) is 13.2 Å². The Labute approximate surface area is 147 Å². The molecule has 0 bridgehead atoms. The second kappa shape index (κ2) is 7.25. The van der Waals surface area contributed by atoms with E-state index in [1.165, 1.54) is 0 Å². The van der Waals surface area contributed by atoms with Crippen molar-refractivity contribution in [2.45, 2.75) is 12.3 Å². The molecule has 0 aromatic heterocycles.